The third-order valence-corrected chi connectivity index (χ3v) is 3.49. The van der Waals surface area contributed by atoms with Crippen molar-refractivity contribution < 1.29 is 4.39 Å². The summed E-state index contributed by atoms with van der Waals surface area (Å²) in [6.45, 7) is 0. The Balaban J connectivity index is 1.69. The highest BCUT2D eigenvalue weighted by molar-refractivity contribution is 5.90. The number of hydrogen-bond acceptors (Lipinski definition) is 4. The van der Waals surface area contributed by atoms with E-state index in [0.29, 0.717) is 11.5 Å². The zero-order chi connectivity index (χ0) is 15.6. The van der Waals surface area contributed by atoms with Crippen molar-refractivity contribution in [1.29, 1.82) is 0 Å². The van der Waals surface area contributed by atoms with Crippen molar-refractivity contribution in [2.45, 2.75) is 0 Å². The van der Waals surface area contributed by atoms with Crippen molar-refractivity contribution in [3.8, 4) is 5.69 Å². The van der Waals surface area contributed by atoms with Crippen molar-refractivity contribution in [2.24, 2.45) is 0 Å². The van der Waals surface area contributed by atoms with E-state index in [0.717, 1.165) is 16.6 Å². The van der Waals surface area contributed by atoms with Gasteiger partial charge in [-0.05, 0) is 24.3 Å². The average molecular weight is 305 g/mol. The van der Waals surface area contributed by atoms with Crippen molar-refractivity contribution >= 4 is 22.4 Å². The van der Waals surface area contributed by atoms with Gasteiger partial charge in [0.25, 0.3) is 0 Å². The molecule has 1 N–H and O–H groups in total. The molecule has 0 aliphatic carbocycles. The summed E-state index contributed by atoms with van der Waals surface area (Å²) in [5.41, 5.74) is 1.97. The molecule has 4 rings (SSSR count). The number of halogens is 1. The molecular formula is C17H12FN5. The second-order valence-electron chi connectivity index (χ2n) is 4.99. The zero-order valence-corrected chi connectivity index (χ0v) is 12.0. The molecule has 5 nitrogen and oxygen atoms in total. The number of benzene rings is 2. The third kappa shape index (κ3) is 2.50. The van der Waals surface area contributed by atoms with Crippen LogP contribution in [0, 0.1) is 5.82 Å². The molecule has 2 heterocycles. The number of rotatable bonds is 3. The first kappa shape index (κ1) is 13.4. The van der Waals surface area contributed by atoms with Gasteiger partial charge in [0.1, 0.15) is 23.6 Å². The molecule has 0 fully saturated rings. The summed E-state index contributed by atoms with van der Waals surface area (Å²) in [6, 6.07) is 14.2. The summed E-state index contributed by atoms with van der Waals surface area (Å²) in [7, 11) is 0. The van der Waals surface area contributed by atoms with Crippen LogP contribution in [0.1, 0.15) is 0 Å². The van der Waals surface area contributed by atoms with E-state index < -0.39 is 0 Å². The summed E-state index contributed by atoms with van der Waals surface area (Å²) in [6.07, 6.45) is 4.85. The molecule has 0 bridgehead atoms. The van der Waals surface area contributed by atoms with E-state index in [1.54, 1.807) is 30.6 Å². The Hall–Kier alpha value is -3.28. The fraction of sp³-hybridized carbons (Fsp3) is 0. The summed E-state index contributed by atoms with van der Waals surface area (Å²) in [5, 5.41) is 8.30. The summed E-state index contributed by atoms with van der Waals surface area (Å²) >= 11 is 0. The highest BCUT2D eigenvalue weighted by atomic mass is 19.1. The summed E-state index contributed by atoms with van der Waals surface area (Å²) in [4.78, 5) is 8.49. The van der Waals surface area contributed by atoms with Crippen molar-refractivity contribution in [3.63, 3.8) is 0 Å². The Morgan fingerprint density at radius 2 is 1.78 bits per heavy atom. The Kier molecular flexibility index (Phi) is 3.20. The highest BCUT2D eigenvalue weighted by Gasteiger charge is 2.08. The van der Waals surface area contributed by atoms with Gasteiger partial charge in [-0.2, -0.15) is 5.10 Å². The average Bonchev–Trinajstić information content (AvgIpc) is 3.04. The van der Waals surface area contributed by atoms with Crippen LogP contribution in [0.4, 0.5) is 15.9 Å². The number of anilines is 2. The van der Waals surface area contributed by atoms with E-state index in [-0.39, 0.29) is 5.82 Å². The molecule has 0 spiro atoms. The molecule has 6 heteroatoms. The summed E-state index contributed by atoms with van der Waals surface area (Å²) in [5.74, 6) is 0.360. The van der Waals surface area contributed by atoms with Crippen LogP contribution in [0.25, 0.3) is 16.6 Å². The number of nitrogens with one attached hydrogen (secondary N) is 1. The van der Waals surface area contributed by atoms with Crippen LogP contribution in [0.3, 0.4) is 0 Å². The molecule has 4 aromatic rings. The maximum absolute atomic E-state index is 13.8. The van der Waals surface area contributed by atoms with Crippen LogP contribution in [0.5, 0.6) is 0 Å². The molecule has 0 radical (unpaired) electrons. The van der Waals surface area contributed by atoms with Gasteiger partial charge in [-0.15, -0.1) is 0 Å². The van der Waals surface area contributed by atoms with Crippen molar-refractivity contribution in [1.82, 2.24) is 19.7 Å². The molecule has 0 amide bonds. The minimum Gasteiger partial charge on any atom is -0.337 e. The van der Waals surface area contributed by atoms with Crippen LogP contribution in [0.2, 0.25) is 0 Å². The summed E-state index contributed by atoms with van der Waals surface area (Å²) < 4.78 is 15.3. The molecule has 0 unspecified atom stereocenters. The fourth-order valence-corrected chi connectivity index (χ4v) is 2.40. The van der Waals surface area contributed by atoms with Crippen LogP contribution >= 0.6 is 0 Å². The standard InChI is InChI=1S/C17H12FN5/c18-14-6-2-4-8-16(14)23-10-12(9-21-23)22-17-13-5-1-3-7-15(13)19-11-20-17/h1-11H,(H,19,20,22). The molecule has 23 heavy (non-hydrogen) atoms. The topological polar surface area (TPSA) is 55.6 Å². The normalized spacial score (nSPS) is 10.8. The highest BCUT2D eigenvalue weighted by Crippen LogP contribution is 2.23. The van der Waals surface area contributed by atoms with Crippen LogP contribution in [-0.2, 0) is 0 Å². The van der Waals surface area contributed by atoms with Gasteiger partial charge in [-0.25, -0.2) is 19.0 Å². The van der Waals surface area contributed by atoms with Gasteiger partial charge < -0.3 is 5.32 Å². The van der Waals surface area contributed by atoms with Gasteiger partial charge in [0, 0.05) is 5.39 Å². The monoisotopic (exact) mass is 305 g/mol. The predicted octanol–water partition coefficient (Wildman–Crippen LogP) is 3.70. The number of fused-ring (bicyclic) bond motifs is 1. The molecule has 0 aliphatic rings. The van der Waals surface area contributed by atoms with Gasteiger partial charge in [0.15, 0.2) is 0 Å². The minimum absolute atomic E-state index is 0.324. The lowest BCUT2D eigenvalue weighted by atomic mass is 10.2. The zero-order valence-electron chi connectivity index (χ0n) is 12.0. The number of nitrogens with zero attached hydrogens (tertiary/aromatic N) is 4. The first-order valence-electron chi connectivity index (χ1n) is 7.07. The first-order chi connectivity index (χ1) is 11.3. The smallest absolute Gasteiger partial charge is 0.148 e. The van der Waals surface area contributed by atoms with E-state index in [4.69, 9.17) is 0 Å². The molecule has 112 valence electrons. The van der Waals surface area contributed by atoms with Crippen molar-refractivity contribution in [3.05, 3.63) is 73.1 Å². The Morgan fingerprint density at radius 3 is 2.70 bits per heavy atom. The Labute approximate surface area is 131 Å². The molecule has 2 aromatic carbocycles. The third-order valence-electron chi connectivity index (χ3n) is 3.49. The lowest BCUT2D eigenvalue weighted by Gasteiger charge is -2.06. The van der Waals surface area contributed by atoms with Crippen LogP contribution in [0.15, 0.2) is 67.3 Å². The molecule has 0 saturated heterocycles. The molecular weight excluding hydrogens is 293 g/mol. The van der Waals surface area contributed by atoms with Crippen LogP contribution < -0.4 is 5.32 Å². The first-order valence-corrected chi connectivity index (χ1v) is 7.07. The van der Waals surface area contributed by atoms with E-state index in [2.05, 4.69) is 20.4 Å². The quantitative estimate of drug-likeness (QED) is 0.627. The van der Waals surface area contributed by atoms with Gasteiger partial charge in [-0.3, -0.25) is 0 Å². The Bertz CT molecular complexity index is 974. The number of para-hydroxylation sites is 2. The maximum atomic E-state index is 13.8. The lowest BCUT2D eigenvalue weighted by molar-refractivity contribution is 0.611. The van der Waals surface area contributed by atoms with Gasteiger partial charge in [0.05, 0.1) is 23.6 Å². The number of hydrogen-bond donors (Lipinski definition) is 1. The Morgan fingerprint density at radius 1 is 0.957 bits per heavy atom. The molecule has 0 saturated carbocycles. The van der Waals surface area contributed by atoms with Crippen LogP contribution in [-0.4, -0.2) is 19.7 Å². The molecule has 2 aromatic heterocycles. The van der Waals surface area contributed by atoms with Gasteiger partial charge in [-0.1, -0.05) is 24.3 Å². The van der Waals surface area contributed by atoms with E-state index in [1.165, 1.54) is 17.1 Å². The predicted molar refractivity (Wildman–Crippen MR) is 86.3 cm³/mol. The van der Waals surface area contributed by atoms with E-state index in [1.807, 2.05) is 24.3 Å². The second-order valence-corrected chi connectivity index (χ2v) is 4.99. The molecule has 0 aliphatic heterocycles. The fourth-order valence-electron chi connectivity index (χ4n) is 2.40. The second kappa shape index (κ2) is 5.49. The maximum Gasteiger partial charge on any atom is 0.148 e. The van der Waals surface area contributed by atoms with E-state index >= 15 is 0 Å². The van der Waals surface area contributed by atoms with Gasteiger partial charge in [0.2, 0.25) is 0 Å². The molecule has 0 atom stereocenters. The largest absolute Gasteiger partial charge is 0.337 e. The SMILES string of the molecule is Fc1ccccc1-n1cc(Nc2ncnc3ccccc23)cn1. The van der Waals surface area contributed by atoms with Gasteiger partial charge >= 0.3 is 0 Å². The van der Waals surface area contributed by atoms with Crippen molar-refractivity contribution in [2.75, 3.05) is 5.32 Å². The number of aromatic nitrogens is 4. The van der Waals surface area contributed by atoms with E-state index in [9.17, 15) is 4.39 Å². The lowest BCUT2D eigenvalue weighted by Crippen LogP contribution is -1.97. The minimum atomic E-state index is -0.324.